The van der Waals surface area contributed by atoms with Crippen LogP contribution in [-0.2, 0) is 23.7 Å². The van der Waals surface area contributed by atoms with E-state index in [0.717, 1.165) is 25.7 Å². The molecule has 1 aromatic heterocycles. The molecule has 114 valence electrons. The number of rotatable bonds is 4. The molecule has 1 aromatic rings. The van der Waals surface area contributed by atoms with Crippen molar-refractivity contribution in [3.63, 3.8) is 0 Å². The van der Waals surface area contributed by atoms with Gasteiger partial charge in [-0.3, -0.25) is 0 Å². The fourth-order valence-electron chi connectivity index (χ4n) is 2.75. The molecule has 20 heavy (non-hydrogen) atoms. The molecule has 0 amide bonds. The van der Waals surface area contributed by atoms with Crippen LogP contribution < -0.4 is 0 Å². The highest BCUT2D eigenvalue weighted by molar-refractivity contribution is 5.39. The van der Waals surface area contributed by atoms with E-state index in [-0.39, 0.29) is 10.8 Å². The molecule has 0 bridgehead atoms. The molecule has 0 unspecified atom stereocenters. The van der Waals surface area contributed by atoms with Crippen molar-refractivity contribution in [1.29, 1.82) is 0 Å². The van der Waals surface area contributed by atoms with Gasteiger partial charge in [0.15, 0.2) is 0 Å². The first-order valence-electron chi connectivity index (χ1n) is 8.02. The zero-order chi connectivity index (χ0) is 15.6. The van der Waals surface area contributed by atoms with E-state index in [1.165, 1.54) is 22.5 Å². The van der Waals surface area contributed by atoms with Crippen molar-refractivity contribution in [2.24, 2.45) is 0 Å². The Morgan fingerprint density at radius 1 is 0.650 bits per heavy atom. The van der Waals surface area contributed by atoms with Gasteiger partial charge in [0.25, 0.3) is 0 Å². The van der Waals surface area contributed by atoms with E-state index in [1.807, 2.05) is 0 Å². The molecular weight excluding hydrogens is 244 g/mol. The van der Waals surface area contributed by atoms with Gasteiger partial charge in [-0.05, 0) is 24.0 Å². The molecule has 0 aliphatic carbocycles. The van der Waals surface area contributed by atoms with Crippen molar-refractivity contribution in [3.8, 4) is 0 Å². The van der Waals surface area contributed by atoms with Gasteiger partial charge in [0, 0.05) is 10.8 Å². The van der Waals surface area contributed by atoms with Crippen LogP contribution in [0.1, 0.15) is 90.7 Å². The highest BCUT2D eigenvalue weighted by Gasteiger charge is 2.28. The third-order valence-electron chi connectivity index (χ3n) is 3.61. The first-order chi connectivity index (χ1) is 9.12. The van der Waals surface area contributed by atoms with Crippen LogP contribution in [0.2, 0.25) is 0 Å². The molecule has 0 spiro atoms. The molecule has 0 radical (unpaired) electrons. The number of nitrogens with zero attached hydrogens (tertiary/aromatic N) is 2. The average molecular weight is 276 g/mol. The summed E-state index contributed by atoms with van der Waals surface area (Å²) in [5.74, 6) is 0. The van der Waals surface area contributed by atoms with Crippen LogP contribution in [0.5, 0.6) is 0 Å². The Balaban J connectivity index is 3.58. The molecule has 0 fully saturated rings. The molecular formula is C18H32N2. The Hall–Kier alpha value is -0.920. The minimum atomic E-state index is 0.0659. The van der Waals surface area contributed by atoms with Crippen molar-refractivity contribution in [2.45, 2.75) is 91.9 Å². The Morgan fingerprint density at radius 2 is 0.950 bits per heavy atom. The van der Waals surface area contributed by atoms with Crippen molar-refractivity contribution in [2.75, 3.05) is 0 Å². The molecule has 2 heteroatoms. The fraction of sp³-hybridized carbons (Fsp3) is 0.778. The average Bonchev–Trinajstić information content (AvgIpc) is 2.28. The molecule has 0 aliphatic heterocycles. The summed E-state index contributed by atoms with van der Waals surface area (Å²) in [6.07, 6.45) is 4.55. The third kappa shape index (κ3) is 3.80. The Morgan fingerprint density at radius 3 is 1.15 bits per heavy atom. The Bertz CT molecular complexity index is 405. The van der Waals surface area contributed by atoms with Gasteiger partial charge in [0.1, 0.15) is 0 Å². The minimum absolute atomic E-state index is 0.0659. The van der Waals surface area contributed by atoms with E-state index in [0.29, 0.717) is 0 Å². The van der Waals surface area contributed by atoms with Gasteiger partial charge in [-0.25, -0.2) is 0 Å². The van der Waals surface area contributed by atoms with Gasteiger partial charge < -0.3 is 0 Å². The lowest BCUT2D eigenvalue weighted by Crippen LogP contribution is -2.25. The van der Waals surface area contributed by atoms with Crippen molar-refractivity contribution in [3.05, 3.63) is 22.5 Å². The van der Waals surface area contributed by atoms with E-state index in [9.17, 15) is 0 Å². The lowest BCUT2D eigenvalue weighted by atomic mass is 9.80. The molecule has 0 aliphatic rings. The van der Waals surface area contributed by atoms with Crippen LogP contribution >= 0.6 is 0 Å². The molecule has 1 heterocycles. The SMILES string of the molecule is CCCc1c(C(C)(C)C)nnc(C(C)(C)C)c1CCC. The van der Waals surface area contributed by atoms with Gasteiger partial charge in [0.2, 0.25) is 0 Å². The molecule has 0 aromatic carbocycles. The van der Waals surface area contributed by atoms with E-state index >= 15 is 0 Å². The summed E-state index contributed by atoms with van der Waals surface area (Å²) in [6, 6.07) is 0. The third-order valence-corrected chi connectivity index (χ3v) is 3.61. The minimum Gasteiger partial charge on any atom is -0.155 e. The summed E-state index contributed by atoms with van der Waals surface area (Å²) in [4.78, 5) is 0. The maximum absolute atomic E-state index is 4.63. The molecule has 2 nitrogen and oxygen atoms in total. The van der Waals surface area contributed by atoms with Crippen LogP contribution in [0.4, 0.5) is 0 Å². The molecule has 0 saturated heterocycles. The van der Waals surface area contributed by atoms with Crippen LogP contribution in [0.25, 0.3) is 0 Å². The van der Waals surface area contributed by atoms with E-state index < -0.39 is 0 Å². The van der Waals surface area contributed by atoms with Crippen molar-refractivity contribution >= 4 is 0 Å². The Kier molecular flexibility index (Phi) is 5.34. The largest absolute Gasteiger partial charge is 0.155 e. The molecule has 0 N–H and O–H groups in total. The normalized spacial score (nSPS) is 12.8. The Labute approximate surface area is 125 Å². The first-order valence-corrected chi connectivity index (χ1v) is 8.02. The van der Waals surface area contributed by atoms with Crippen molar-refractivity contribution < 1.29 is 0 Å². The van der Waals surface area contributed by atoms with Crippen LogP contribution in [0.3, 0.4) is 0 Å². The predicted molar refractivity (Wildman–Crippen MR) is 87.4 cm³/mol. The second kappa shape index (κ2) is 6.24. The zero-order valence-electron chi connectivity index (χ0n) is 14.7. The summed E-state index contributed by atoms with van der Waals surface area (Å²) in [7, 11) is 0. The highest BCUT2D eigenvalue weighted by atomic mass is 15.1. The quantitative estimate of drug-likeness (QED) is 0.775. The standard InChI is InChI=1S/C18H32N2/c1-9-11-13-14(12-10-2)16(18(6,7)8)20-19-15(13)17(3,4)5/h9-12H2,1-8H3. The molecule has 0 saturated carbocycles. The van der Waals surface area contributed by atoms with Crippen LogP contribution in [0, 0.1) is 0 Å². The summed E-state index contributed by atoms with van der Waals surface area (Å²) in [5, 5.41) is 9.26. The topological polar surface area (TPSA) is 25.8 Å². The summed E-state index contributed by atoms with van der Waals surface area (Å²) in [5.41, 5.74) is 5.43. The lowest BCUT2D eigenvalue weighted by molar-refractivity contribution is 0.509. The van der Waals surface area contributed by atoms with E-state index in [4.69, 9.17) is 0 Å². The van der Waals surface area contributed by atoms with Gasteiger partial charge in [-0.1, -0.05) is 68.2 Å². The lowest BCUT2D eigenvalue weighted by Gasteiger charge is -2.28. The fourth-order valence-corrected chi connectivity index (χ4v) is 2.75. The number of aromatic nitrogens is 2. The van der Waals surface area contributed by atoms with Gasteiger partial charge >= 0.3 is 0 Å². The highest BCUT2D eigenvalue weighted by Crippen LogP contribution is 2.33. The smallest absolute Gasteiger partial charge is 0.0719 e. The summed E-state index contributed by atoms with van der Waals surface area (Å²) < 4.78 is 0. The monoisotopic (exact) mass is 276 g/mol. The second-order valence-electron chi connectivity index (χ2n) is 7.85. The maximum Gasteiger partial charge on any atom is 0.0719 e. The number of hydrogen-bond donors (Lipinski definition) is 0. The first kappa shape index (κ1) is 17.1. The molecule has 1 rings (SSSR count). The van der Waals surface area contributed by atoms with Crippen LogP contribution in [-0.4, -0.2) is 10.2 Å². The molecule has 0 atom stereocenters. The van der Waals surface area contributed by atoms with E-state index in [1.54, 1.807) is 0 Å². The zero-order valence-corrected chi connectivity index (χ0v) is 14.7. The van der Waals surface area contributed by atoms with Gasteiger partial charge in [-0.15, -0.1) is 0 Å². The van der Waals surface area contributed by atoms with Crippen molar-refractivity contribution in [1.82, 2.24) is 10.2 Å². The number of hydrogen-bond acceptors (Lipinski definition) is 2. The van der Waals surface area contributed by atoms with Gasteiger partial charge in [-0.2, -0.15) is 10.2 Å². The van der Waals surface area contributed by atoms with Gasteiger partial charge in [0.05, 0.1) is 11.4 Å². The summed E-state index contributed by atoms with van der Waals surface area (Å²) >= 11 is 0. The van der Waals surface area contributed by atoms with Crippen LogP contribution in [0.15, 0.2) is 0 Å². The maximum atomic E-state index is 4.63. The second-order valence-corrected chi connectivity index (χ2v) is 7.85. The van der Waals surface area contributed by atoms with E-state index in [2.05, 4.69) is 65.6 Å². The predicted octanol–water partition coefficient (Wildman–Crippen LogP) is 4.98. The summed E-state index contributed by atoms with van der Waals surface area (Å²) in [6.45, 7) is 17.9.